The van der Waals surface area contributed by atoms with Crippen molar-refractivity contribution >= 4 is 27.6 Å². The van der Waals surface area contributed by atoms with E-state index in [1.165, 1.54) is 0 Å². The summed E-state index contributed by atoms with van der Waals surface area (Å²) < 4.78 is 12.8. The van der Waals surface area contributed by atoms with Crippen LogP contribution >= 0.6 is 15.9 Å². The van der Waals surface area contributed by atoms with E-state index >= 15 is 0 Å². The van der Waals surface area contributed by atoms with Crippen molar-refractivity contribution in [2.45, 2.75) is 32.0 Å². The van der Waals surface area contributed by atoms with Crippen LogP contribution in [0.4, 0.5) is 10.5 Å². The van der Waals surface area contributed by atoms with Crippen molar-refractivity contribution in [3.8, 4) is 11.5 Å². The number of anilines is 1. The molecular weight excluding hydrogens is 384 g/mol. The van der Waals surface area contributed by atoms with Crippen LogP contribution in [0.15, 0.2) is 40.9 Å². The average Bonchev–Trinajstić information content (AvgIpc) is 2.55. The molecule has 0 radical (unpaired) electrons. The summed E-state index contributed by atoms with van der Waals surface area (Å²) in [6, 6.07) is 11.4. The standard InChI is InChI=1S/C19H19BrN2O3/c1-11-4-6-17(24-3)15(8-11)22-18(23)21-14-10-19(22,2)25-16-7-5-12(20)9-13(14)16/h4-9,14H,10H2,1-3H3,(H,21,23)/t14-,19-/m0/s1. The molecule has 1 saturated heterocycles. The molecule has 2 amide bonds. The Balaban J connectivity index is 1.83. The molecule has 2 aromatic carbocycles. The highest BCUT2D eigenvalue weighted by molar-refractivity contribution is 9.10. The molecule has 2 heterocycles. The lowest BCUT2D eigenvalue weighted by atomic mass is 9.90. The number of ether oxygens (including phenoxy) is 2. The predicted octanol–water partition coefficient (Wildman–Crippen LogP) is 4.54. The van der Waals surface area contributed by atoms with Crippen molar-refractivity contribution in [1.29, 1.82) is 0 Å². The third kappa shape index (κ3) is 2.56. The highest BCUT2D eigenvalue weighted by Gasteiger charge is 2.50. The molecule has 0 aliphatic carbocycles. The molecule has 4 rings (SSSR count). The Morgan fingerprint density at radius 1 is 1.32 bits per heavy atom. The number of nitrogens with zero attached hydrogens (tertiary/aromatic N) is 1. The van der Waals surface area contributed by atoms with Gasteiger partial charge < -0.3 is 14.8 Å². The predicted molar refractivity (Wildman–Crippen MR) is 99.3 cm³/mol. The maximum atomic E-state index is 13.0. The van der Waals surface area contributed by atoms with Gasteiger partial charge in [0.25, 0.3) is 0 Å². The van der Waals surface area contributed by atoms with Gasteiger partial charge in [-0.3, -0.25) is 4.90 Å². The van der Waals surface area contributed by atoms with E-state index in [1.54, 1.807) is 12.0 Å². The monoisotopic (exact) mass is 402 g/mol. The highest BCUT2D eigenvalue weighted by atomic mass is 79.9. The molecule has 6 heteroatoms. The van der Waals surface area contributed by atoms with Gasteiger partial charge in [-0.05, 0) is 49.7 Å². The van der Waals surface area contributed by atoms with Crippen LogP contribution in [-0.2, 0) is 0 Å². The van der Waals surface area contributed by atoms with E-state index in [0.29, 0.717) is 17.9 Å². The van der Waals surface area contributed by atoms with Gasteiger partial charge in [0.05, 0.1) is 18.8 Å². The first-order valence-electron chi connectivity index (χ1n) is 8.15. The number of aryl methyl sites for hydroxylation is 1. The number of carbonyl (C=O) groups is 1. The van der Waals surface area contributed by atoms with Crippen molar-refractivity contribution in [2.24, 2.45) is 0 Å². The molecule has 2 aliphatic heterocycles. The van der Waals surface area contributed by atoms with E-state index < -0.39 is 5.72 Å². The first-order valence-corrected chi connectivity index (χ1v) is 8.94. The molecule has 0 spiro atoms. The van der Waals surface area contributed by atoms with E-state index in [4.69, 9.17) is 9.47 Å². The van der Waals surface area contributed by atoms with Gasteiger partial charge in [-0.2, -0.15) is 0 Å². The fourth-order valence-electron chi connectivity index (χ4n) is 3.68. The van der Waals surface area contributed by atoms with Gasteiger partial charge >= 0.3 is 6.03 Å². The van der Waals surface area contributed by atoms with Crippen LogP contribution in [0.5, 0.6) is 11.5 Å². The van der Waals surface area contributed by atoms with E-state index in [-0.39, 0.29) is 12.1 Å². The third-order valence-electron chi connectivity index (χ3n) is 4.81. The maximum absolute atomic E-state index is 13.0. The molecule has 2 atom stereocenters. The Hall–Kier alpha value is -2.21. The minimum absolute atomic E-state index is 0.0780. The molecule has 0 saturated carbocycles. The number of benzene rings is 2. The molecule has 2 aliphatic rings. The summed E-state index contributed by atoms with van der Waals surface area (Å²) in [5.41, 5.74) is 1.97. The normalized spacial score (nSPS) is 24.2. The van der Waals surface area contributed by atoms with Crippen LogP contribution in [0.3, 0.4) is 0 Å². The second-order valence-electron chi connectivity index (χ2n) is 6.68. The Bertz CT molecular complexity index is 870. The summed E-state index contributed by atoms with van der Waals surface area (Å²) in [4.78, 5) is 14.6. The van der Waals surface area contributed by atoms with Gasteiger partial charge in [0.1, 0.15) is 11.5 Å². The largest absolute Gasteiger partial charge is 0.495 e. The van der Waals surface area contributed by atoms with Crippen molar-refractivity contribution in [3.63, 3.8) is 0 Å². The molecule has 5 nitrogen and oxygen atoms in total. The molecule has 130 valence electrons. The first kappa shape index (κ1) is 16.3. The van der Waals surface area contributed by atoms with Crippen LogP contribution in [0.1, 0.15) is 30.5 Å². The number of urea groups is 1. The molecule has 2 bridgehead atoms. The zero-order chi connectivity index (χ0) is 17.8. The van der Waals surface area contributed by atoms with Crippen LogP contribution < -0.4 is 19.7 Å². The van der Waals surface area contributed by atoms with Crippen LogP contribution in [0.2, 0.25) is 0 Å². The van der Waals surface area contributed by atoms with Gasteiger partial charge in [-0.1, -0.05) is 22.0 Å². The molecule has 1 N–H and O–H groups in total. The Labute approximate surface area is 155 Å². The van der Waals surface area contributed by atoms with Crippen molar-refractivity contribution < 1.29 is 14.3 Å². The zero-order valence-corrected chi connectivity index (χ0v) is 15.9. The summed E-state index contributed by atoms with van der Waals surface area (Å²) in [5, 5.41) is 3.11. The van der Waals surface area contributed by atoms with E-state index in [9.17, 15) is 4.79 Å². The number of amides is 2. The van der Waals surface area contributed by atoms with E-state index in [2.05, 4.69) is 21.2 Å². The second kappa shape index (κ2) is 5.66. The lowest BCUT2D eigenvalue weighted by molar-refractivity contribution is 0.0374. The smallest absolute Gasteiger partial charge is 0.325 e. The zero-order valence-electron chi connectivity index (χ0n) is 14.3. The quantitative estimate of drug-likeness (QED) is 0.802. The maximum Gasteiger partial charge on any atom is 0.325 e. The molecule has 2 aromatic rings. The van der Waals surface area contributed by atoms with Gasteiger partial charge in [-0.25, -0.2) is 4.79 Å². The van der Waals surface area contributed by atoms with Crippen molar-refractivity contribution in [3.05, 3.63) is 52.0 Å². The fourth-order valence-corrected chi connectivity index (χ4v) is 4.06. The lowest BCUT2D eigenvalue weighted by Gasteiger charge is -2.50. The Morgan fingerprint density at radius 2 is 2.12 bits per heavy atom. The minimum atomic E-state index is -0.783. The minimum Gasteiger partial charge on any atom is -0.495 e. The van der Waals surface area contributed by atoms with E-state index in [0.717, 1.165) is 21.3 Å². The van der Waals surface area contributed by atoms with Crippen LogP contribution in [0.25, 0.3) is 0 Å². The van der Waals surface area contributed by atoms with Gasteiger partial charge in [0, 0.05) is 16.5 Å². The molecular formula is C19H19BrN2O3. The number of rotatable bonds is 2. The number of halogens is 1. The number of fused-ring (bicyclic) bond motifs is 4. The SMILES string of the molecule is COc1ccc(C)cc1N1C(=O)N[C@H]2C[C@]1(C)Oc1ccc(Br)cc12. The summed E-state index contributed by atoms with van der Waals surface area (Å²) in [6.07, 6.45) is 0.652. The third-order valence-corrected chi connectivity index (χ3v) is 5.30. The lowest BCUT2D eigenvalue weighted by Crippen LogP contribution is -2.65. The number of nitrogens with one attached hydrogen (secondary N) is 1. The second-order valence-corrected chi connectivity index (χ2v) is 7.59. The summed E-state index contributed by atoms with van der Waals surface area (Å²) in [5.74, 6) is 1.43. The van der Waals surface area contributed by atoms with Crippen LogP contribution in [-0.4, -0.2) is 18.9 Å². The summed E-state index contributed by atoms with van der Waals surface area (Å²) >= 11 is 3.49. The first-order chi connectivity index (χ1) is 11.9. The van der Waals surface area contributed by atoms with Crippen LogP contribution in [0, 0.1) is 6.92 Å². The summed E-state index contributed by atoms with van der Waals surface area (Å²) in [6.45, 7) is 3.94. The van der Waals surface area contributed by atoms with Gasteiger partial charge in [-0.15, -0.1) is 0 Å². The topological polar surface area (TPSA) is 50.8 Å². The highest BCUT2D eigenvalue weighted by Crippen LogP contribution is 2.47. The molecule has 0 unspecified atom stereocenters. The van der Waals surface area contributed by atoms with Gasteiger partial charge in [0.2, 0.25) is 0 Å². The fraction of sp³-hybridized carbons (Fsp3) is 0.316. The number of methoxy groups -OCH3 is 1. The molecule has 25 heavy (non-hydrogen) atoms. The number of hydrogen-bond acceptors (Lipinski definition) is 3. The summed E-state index contributed by atoms with van der Waals surface area (Å²) in [7, 11) is 1.61. The average molecular weight is 403 g/mol. The molecule has 1 fully saturated rings. The number of carbonyl (C=O) groups excluding carboxylic acids is 1. The van der Waals surface area contributed by atoms with Crippen molar-refractivity contribution in [1.82, 2.24) is 5.32 Å². The molecule has 0 aromatic heterocycles. The number of hydrogen-bond donors (Lipinski definition) is 1. The van der Waals surface area contributed by atoms with E-state index in [1.807, 2.05) is 50.2 Å². The Kier molecular flexibility index (Phi) is 3.68. The van der Waals surface area contributed by atoms with Gasteiger partial charge in [0.15, 0.2) is 5.72 Å². The Morgan fingerprint density at radius 3 is 2.88 bits per heavy atom. The van der Waals surface area contributed by atoms with Crippen molar-refractivity contribution in [2.75, 3.05) is 12.0 Å².